The van der Waals surface area contributed by atoms with Crippen LogP contribution >= 0.6 is 23.1 Å². The maximum Gasteiger partial charge on any atom is 0.324 e. The van der Waals surface area contributed by atoms with Gasteiger partial charge in [0.1, 0.15) is 0 Å². The van der Waals surface area contributed by atoms with E-state index < -0.39 is 4.92 Å². The molecule has 2 heterocycles. The van der Waals surface area contributed by atoms with Gasteiger partial charge in [-0.1, -0.05) is 41.3 Å². The van der Waals surface area contributed by atoms with Gasteiger partial charge in [0, 0.05) is 23.7 Å². The van der Waals surface area contributed by atoms with Crippen molar-refractivity contribution in [3.05, 3.63) is 74.4 Å². The van der Waals surface area contributed by atoms with Crippen molar-refractivity contribution in [2.45, 2.75) is 17.5 Å². The second-order valence-corrected chi connectivity index (χ2v) is 6.79. The minimum atomic E-state index is -0.402. The summed E-state index contributed by atoms with van der Waals surface area (Å²) >= 11 is 2.48. The number of benzene rings is 1. The van der Waals surface area contributed by atoms with E-state index in [-0.39, 0.29) is 10.6 Å². The monoisotopic (exact) mass is 359 g/mol. The van der Waals surface area contributed by atoms with Gasteiger partial charge >= 0.3 is 5.00 Å². The van der Waals surface area contributed by atoms with Gasteiger partial charge in [0.15, 0.2) is 5.16 Å². The smallest absolute Gasteiger partial charge is 0.283 e. The van der Waals surface area contributed by atoms with Crippen LogP contribution < -0.4 is 5.56 Å². The highest BCUT2D eigenvalue weighted by atomic mass is 32.2. The molecule has 0 aliphatic heterocycles. The summed E-state index contributed by atoms with van der Waals surface area (Å²) in [6.07, 6.45) is 1.65. The first-order chi connectivity index (χ1) is 11.6. The Labute approximate surface area is 145 Å². The van der Waals surface area contributed by atoms with E-state index in [1.54, 1.807) is 40.3 Å². The van der Waals surface area contributed by atoms with Crippen molar-refractivity contribution in [3.8, 4) is 0 Å². The van der Waals surface area contributed by atoms with Crippen molar-refractivity contribution in [2.75, 3.05) is 0 Å². The summed E-state index contributed by atoms with van der Waals surface area (Å²) in [4.78, 5) is 27.5. The standard InChI is InChI=1S/C16H13N3O3S2/c1-2-7-18-15(20)12-5-3-4-6-13(12)17-16(18)24-10-11-8-14(19(21)22)23-9-11/h2-6,8-9H,1,7,10H2. The molecule has 2 aromatic heterocycles. The fourth-order valence-electron chi connectivity index (χ4n) is 2.23. The van der Waals surface area contributed by atoms with E-state index in [1.165, 1.54) is 11.8 Å². The van der Waals surface area contributed by atoms with Crippen LogP contribution in [0.15, 0.2) is 58.3 Å². The predicted molar refractivity (Wildman–Crippen MR) is 96.7 cm³/mol. The van der Waals surface area contributed by atoms with Gasteiger partial charge in [0.2, 0.25) is 0 Å². The van der Waals surface area contributed by atoms with Crippen molar-refractivity contribution in [1.82, 2.24) is 9.55 Å². The molecule has 3 aromatic rings. The van der Waals surface area contributed by atoms with Crippen LogP contribution in [0.1, 0.15) is 5.56 Å². The molecule has 1 aromatic carbocycles. The van der Waals surface area contributed by atoms with Gasteiger partial charge in [0.25, 0.3) is 5.56 Å². The Morgan fingerprint density at radius 1 is 1.42 bits per heavy atom. The Morgan fingerprint density at radius 2 is 2.21 bits per heavy atom. The number of rotatable bonds is 6. The molecular weight excluding hydrogens is 346 g/mol. The molecular formula is C16H13N3O3S2. The number of hydrogen-bond donors (Lipinski definition) is 0. The Hall–Kier alpha value is -2.45. The summed E-state index contributed by atoms with van der Waals surface area (Å²) in [5.74, 6) is 0.506. The molecule has 122 valence electrons. The number of hydrogen-bond acceptors (Lipinski definition) is 6. The minimum absolute atomic E-state index is 0.112. The van der Waals surface area contributed by atoms with Gasteiger partial charge in [0.05, 0.1) is 15.8 Å². The number of thiophene rings is 1. The third-order valence-electron chi connectivity index (χ3n) is 3.33. The number of nitro groups is 1. The van der Waals surface area contributed by atoms with E-state index in [4.69, 9.17) is 0 Å². The van der Waals surface area contributed by atoms with Gasteiger partial charge in [-0.3, -0.25) is 19.5 Å². The molecule has 0 aliphatic carbocycles. The Balaban J connectivity index is 1.95. The summed E-state index contributed by atoms with van der Waals surface area (Å²) in [5.41, 5.74) is 1.37. The molecule has 0 atom stereocenters. The van der Waals surface area contributed by atoms with Crippen LogP contribution in [0.5, 0.6) is 0 Å². The van der Waals surface area contributed by atoms with Crippen molar-refractivity contribution >= 4 is 39.0 Å². The third-order valence-corrected chi connectivity index (χ3v) is 5.30. The molecule has 0 unspecified atom stereocenters. The van der Waals surface area contributed by atoms with E-state index in [2.05, 4.69) is 11.6 Å². The second-order valence-electron chi connectivity index (χ2n) is 4.95. The molecule has 0 radical (unpaired) electrons. The zero-order chi connectivity index (χ0) is 17.1. The van der Waals surface area contributed by atoms with Crippen LogP contribution in [0.25, 0.3) is 10.9 Å². The highest BCUT2D eigenvalue weighted by molar-refractivity contribution is 7.98. The summed E-state index contributed by atoms with van der Waals surface area (Å²) in [6, 6.07) is 8.74. The van der Waals surface area contributed by atoms with E-state index in [1.807, 2.05) is 6.07 Å². The lowest BCUT2D eigenvalue weighted by Gasteiger charge is -2.10. The summed E-state index contributed by atoms with van der Waals surface area (Å²) in [5, 5.41) is 13.8. The molecule has 0 fully saturated rings. The van der Waals surface area contributed by atoms with E-state index >= 15 is 0 Å². The zero-order valence-corrected chi connectivity index (χ0v) is 14.2. The lowest BCUT2D eigenvalue weighted by Crippen LogP contribution is -2.22. The van der Waals surface area contributed by atoms with E-state index in [0.717, 1.165) is 16.9 Å². The van der Waals surface area contributed by atoms with Crippen LogP contribution in [0.4, 0.5) is 5.00 Å². The van der Waals surface area contributed by atoms with Crippen molar-refractivity contribution < 1.29 is 4.92 Å². The first-order valence-corrected chi connectivity index (χ1v) is 8.91. The number of para-hydroxylation sites is 1. The fraction of sp³-hybridized carbons (Fsp3) is 0.125. The normalized spacial score (nSPS) is 10.8. The van der Waals surface area contributed by atoms with Gasteiger partial charge < -0.3 is 0 Å². The van der Waals surface area contributed by atoms with Crippen LogP contribution in [-0.4, -0.2) is 14.5 Å². The molecule has 8 heteroatoms. The number of allylic oxidation sites excluding steroid dienone is 1. The molecule has 0 saturated carbocycles. The average Bonchev–Trinajstić information content (AvgIpc) is 3.05. The fourth-order valence-corrected chi connectivity index (χ4v) is 4.00. The maximum absolute atomic E-state index is 12.6. The number of fused-ring (bicyclic) bond motifs is 1. The van der Waals surface area contributed by atoms with Crippen LogP contribution in [0.3, 0.4) is 0 Å². The number of aromatic nitrogens is 2. The largest absolute Gasteiger partial charge is 0.324 e. The number of thioether (sulfide) groups is 1. The van der Waals surface area contributed by atoms with Crippen molar-refractivity contribution in [3.63, 3.8) is 0 Å². The molecule has 0 saturated heterocycles. The van der Waals surface area contributed by atoms with Crippen molar-refractivity contribution in [2.24, 2.45) is 0 Å². The SMILES string of the molecule is C=CCn1c(SCc2csc([N+](=O)[O-])c2)nc2ccccc2c1=O. The predicted octanol–water partition coefficient (Wildman–Crippen LogP) is 3.84. The topological polar surface area (TPSA) is 78.0 Å². The van der Waals surface area contributed by atoms with Gasteiger partial charge in [-0.15, -0.1) is 6.58 Å². The maximum atomic E-state index is 12.6. The minimum Gasteiger partial charge on any atom is -0.283 e. The van der Waals surface area contributed by atoms with Gasteiger partial charge in [-0.05, 0) is 17.7 Å². The molecule has 0 amide bonds. The van der Waals surface area contributed by atoms with E-state index in [0.29, 0.717) is 28.4 Å². The summed E-state index contributed by atoms with van der Waals surface area (Å²) < 4.78 is 1.57. The summed E-state index contributed by atoms with van der Waals surface area (Å²) in [7, 11) is 0. The Bertz CT molecular complexity index is 978. The summed E-state index contributed by atoms with van der Waals surface area (Å²) in [6.45, 7) is 4.05. The first kappa shape index (κ1) is 16.4. The highest BCUT2D eigenvalue weighted by Gasteiger charge is 2.13. The van der Waals surface area contributed by atoms with Crippen LogP contribution in [-0.2, 0) is 12.3 Å². The van der Waals surface area contributed by atoms with Crippen LogP contribution in [0, 0.1) is 10.1 Å². The first-order valence-electron chi connectivity index (χ1n) is 7.05. The molecule has 0 spiro atoms. The molecule has 3 rings (SSSR count). The van der Waals surface area contributed by atoms with E-state index in [9.17, 15) is 14.9 Å². The van der Waals surface area contributed by atoms with Gasteiger partial charge in [-0.25, -0.2) is 4.98 Å². The Morgan fingerprint density at radius 3 is 2.92 bits per heavy atom. The molecule has 24 heavy (non-hydrogen) atoms. The number of nitrogens with zero attached hydrogens (tertiary/aromatic N) is 3. The lowest BCUT2D eigenvalue weighted by atomic mass is 10.2. The highest BCUT2D eigenvalue weighted by Crippen LogP contribution is 2.28. The molecule has 0 aliphatic rings. The van der Waals surface area contributed by atoms with Gasteiger partial charge in [-0.2, -0.15) is 0 Å². The Kier molecular flexibility index (Phi) is 4.77. The lowest BCUT2D eigenvalue weighted by molar-refractivity contribution is -0.380. The molecule has 0 N–H and O–H groups in total. The second kappa shape index (κ2) is 6.98. The molecule has 6 nitrogen and oxygen atoms in total. The van der Waals surface area contributed by atoms with Crippen LogP contribution in [0.2, 0.25) is 0 Å². The zero-order valence-electron chi connectivity index (χ0n) is 12.5. The third kappa shape index (κ3) is 3.24. The molecule has 0 bridgehead atoms. The average molecular weight is 359 g/mol. The quantitative estimate of drug-likeness (QED) is 0.220. The van der Waals surface area contributed by atoms with Crippen molar-refractivity contribution in [1.29, 1.82) is 0 Å².